The second kappa shape index (κ2) is 8.55. The van der Waals surface area contributed by atoms with Crippen LogP contribution in [0.5, 0.6) is 0 Å². The fourth-order valence-corrected chi connectivity index (χ4v) is 4.10. The van der Waals surface area contributed by atoms with Gasteiger partial charge in [-0.05, 0) is 49.8 Å². The molecule has 3 aromatic rings. The van der Waals surface area contributed by atoms with Crippen molar-refractivity contribution < 1.29 is 9.18 Å². The Balaban J connectivity index is 1.31. The minimum atomic E-state index is -0.298. The number of H-pyrrole nitrogens is 1. The largest absolute Gasteiger partial charge is 0.352 e. The Labute approximate surface area is 168 Å². The number of aromatic nitrogens is 2. The SMILES string of the molecule is O=C(NCc1ccccc1F)C1CCC(Cc2nc3ccccc3c(=O)[nH]2)CC1. The molecule has 1 aliphatic carbocycles. The minimum absolute atomic E-state index is 0.0102. The van der Waals surface area contributed by atoms with E-state index in [1.165, 1.54) is 6.07 Å². The van der Waals surface area contributed by atoms with Gasteiger partial charge in [0.2, 0.25) is 5.91 Å². The summed E-state index contributed by atoms with van der Waals surface area (Å²) in [6.45, 7) is 0.216. The average molecular weight is 393 g/mol. The normalized spacial score (nSPS) is 19.2. The van der Waals surface area contributed by atoms with E-state index in [4.69, 9.17) is 0 Å². The number of hydrogen-bond acceptors (Lipinski definition) is 3. The lowest BCUT2D eigenvalue weighted by Gasteiger charge is -2.27. The summed E-state index contributed by atoms with van der Waals surface area (Å²) < 4.78 is 13.7. The molecule has 1 fully saturated rings. The number of halogens is 1. The third-order valence-corrected chi connectivity index (χ3v) is 5.77. The Morgan fingerprint density at radius 1 is 1.07 bits per heavy atom. The Bertz CT molecular complexity index is 1070. The van der Waals surface area contributed by atoms with E-state index in [1.807, 2.05) is 18.2 Å². The molecule has 0 spiro atoms. The van der Waals surface area contributed by atoms with Gasteiger partial charge in [-0.1, -0.05) is 30.3 Å². The predicted octanol–water partition coefficient (Wildman–Crippen LogP) is 3.73. The van der Waals surface area contributed by atoms with E-state index in [2.05, 4.69) is 15.3 Å². The van der Waals surface area contributed by atoms with Gasteiger partial charge in [-0.25, -0.2) is 9.37 Å². The van der Waals surface area contributed by atoms with Crippen LogP contribution < -0.4 is 10.9 Å². The number of nitrogens with zero attached hydrogens (tertiary/aromatic N) is 1. The van der Waals surface area contributed by atoms with E-state index in [9.17, 15) is 14.0 Å². The molecule has 0 unspecified atom stereocenters. The van der Waals surface area contributed by atoms with Crippen molar-refractivity contribution in [3.8, 4) is 0 Å². The van der Waals surface area contributed by atoms with Gasteiger partial charge in [0.05, 0.1) is 10.9 Å². The van der Waals surface area contributed by atoms with Crippen LogP contribution in [-0.2, 0) is 17.8 Å². The number of benzene rings is 2. The Hall–Kier alpha value is -3.02. The summed E-state index contributed by atoms with van der Waals surface area (Å²) in [7, 11) is 0. The number of carbonyl (C=O) groups excluding carboxylic acids is 1. The molecule has 1 saturated carbocycles. The number of amides is 1. The van der Waals surface area contributed by atoms with Crippen molar-refractivity contribution in [2.45, 2.75) is 38.6 Å². The highest BCUT2D eigenvalue weighted by Gasteiger charge is 2.27. The molecular weight excluding hydrogens is 369 g/mol. The lowest BCUT2D eigenvalue weighted by Crippen LogP contribution is -2.33. The van der Waals surface area contributed by atoms with Crippen molar-refractivity contribution in [1.29, 1.82) is 0 Å². The Morgan fingerprint density at radius 2 is 1.79 bits per heavy atom. The molecule has 0 saturated heterocycles. The number of rotatable bonds is 5. The first-order valence-corrected chi connectivity index (χ1v) is 10.1. The molecular formula is C23H24FN3O2. The van der Waals surface area contributed by atoms with Crippen molar-refractivity contribution in [1.82, 2.24) is 15.3 Å². The maximum Gasteiger partial charge on any atom is 0.258 e. The lowest BCUT2D eigenvalue weighted by molar-refractivity contribution is -0.126. The predicted molar refractivity (Wildman–Crippen MR) is 110 cm³/mol. The zero-order chi connectivity index (χ0) is 20.2. The number of para-hydroxylation sites is 1. The van der Waals surface area contributed by atoms with Crippen LogP contribution in [0.15, 0.2) is 53.3 Å². The van der Waals surface area contributed by atoms with Crippen LogP contribution in [0.2, 0.25) is 0 Å². The van der Waals surface area contributed by atoms with Gasteiger partial charge in [-0.15, -0.1) is 0 Å². The minimum Gasteiger partial charge on any atom is -0.352 e. The second-order valence-electron chi connectivity index (χ2n) is 7.76. The average Bonchev–Trinajstić information content (AvgIpc) is 2.73. The van der Waals surface area contributed by atoms with Crippen LogP contribution in [0.25, 0.3) is 10.9 Å². The van der Waals surface area contributed by atoms with Gasteiger partial charge in [0.15, 0.2) is 0 Å². The number of hydrogen-bond donors (Lipinski definition) is 2. The van der Waals surface area contributed by atoms with Gasteiger partial charge in [0.25, 0.3) is 5.56 Å². The molecule has 0 radical (unpaired) electrons. The first-order chi connectivity index (χ1) is 14.1. The molecule has 29 heavy (non-hydrogen) atoms. The molecule has 0 bridgehead atoms. The van der Waals surface area contributed by atoms with E-state index in [-0.39, 0.29) is 29.7 Å². The molecule has 4 rings (SSSR count). The summed E-state index contributed by atoms with van der Waals surface area (Å²) in [6, 6.07) is 13.8. The van der Waals surface area contributed by atoms with E-state index >= 15 is 0 Å². The van der Waals surface area contributed by atoms with Gasteiger partial charge in [-0.2, -0.15) is 0 Å². The van der Waals surface area contributed by atoms with Gasteiger partial charge >= 0.3 is 0 Å². The summed E-state index contributed by atoms with van der Waals surface area (Å²) in [5, 5.41) is 3.47. The second-order valence-corrected chi connectivity index (χ2v) is 7.76. The quantitative estimate of drug-likeness (QED) is 0.694. The van der Waals surface area contributed by atoms with Crippen LogP contribution in [0.3, 0.4) is 0 Å². The van der Waals surface area contributed by atoms with Gasteiger partial charge in [-0.3, -0.25) is 9.59 Å². The molecule has 2 N–H and O–H groups in total. The Kier molecular flexibility index (Phi) is 5.69. The monoisotopic (exact) mass is 393 g/mol. The summed E-state index contributed by atoms with van der Waals surface area (Å²) in [5.41, 5.74) is 1.11. The topological polar surface area (TPSA) is 74.8 Å². The summed E-state index contributed by atoms with van der Waals surface area (Å²) in [5.74, 6) is 0.759. The highest BCUT2D eigenvalue weighted by atomic mass is 19.1. The molecule has 0 atom stereocenters. The number of carbonyl (C=O) groups is 1. The zero-order valence-corrected chi connectivity index (χ0v) is 16.2. The highest BCUT2D eigenvalue weighted by Crippen LogP contribution is 2.30. The first kappa shape index (κ1) is 19.3. The van der Waals surface area contributed by atoms with Crippen LogP contribution in [0.1, 0.15) is 37.1 Å². The van der Waals surface area contributed by atoms with Crippen molar-refractivity contribution in [2.24, 2.45) is 11.8 Å². The van der Waals surface area contributed by atoms with Crippen LogP contribution in [0.4, 0.5) is 4.39 Å². The molecule has 1 amide bonds. The van der Waals surface area contributed by atoms with E-state index in [1.54, 1.807) is 24.3 Å². The van der Waals surface area contributed by atoms with Crippen LogP contribution >= 0.6 is 0 Å². The van der Waals surface area contributed by atoms with Crippen molar-refractivity contribution in [2.75, 3.05) is 0 Å². The highest BCUT2D eigenvalue weighted by molar-refractivity contribution is 5.78. The van der Waals surface area contributed by atoms with Crippen molar-refractivity contribution in [3.63, 3.8) is 0 Å². The molecule has 0 aliphatic heterocycles. The molecule has 5 nitrogen and oxygen atoms in total. The van der Waals surface area contributed by atoms with E-state index in [0.29, 0.717) is 34.6 Å². The fourth-order valence-electron chi connectivity index (χ4n) is 4.10. The molecule has 1 aliphatic rings. The summed E-state index contributed by atoms with van der Waals surface area (Å²) in [4.78, 5) is 32.1. The third kappa shape index (κ3) is 4.53. The fraction of sp³-hybridized carbons (Fsp3) is 0.348. The van der Waals surface area contributed by atoms with Crippen molar-refractivity contribution >= 4 is 16.8 Å². The van der Waals surface area contributed by atoms with Crippen LogP contribution in [0, 0.1) is 17.7 Å². The first-order valence-electron chi connectivity index (χ1n) is 10.1. The molecule has 150 valence electrons. The van der Waals surface area contributed by atoms with Gasteiger partial charge < -0.3 is 10.3 Å². The number of nitrogens with one attached hydrogen (secondary N) is 2. The smallest absolute Gasteiger partial charge is 0.258 e. The summed E-state index contributed by atoms with van der Waals surface area (Å²) in [6.07, 6.45) is 4.13. The maximum atomic E-state index is 13.7. The lowest BCUT2D eigenvalue weighted by atomic mass is 9.80. The standard InChI is InChI=1S/C23H24FN3O2/c24-19-7-3-1-5-17(19)14-25-22(28)16-11-9-15(10-12-16)13-21-26-20-8-4-2-6-18(20)23(29)27-21/h1-8,15-16H,9-14H2,(H,25,28)(H,26,27,29). The third-order valence-electron chi connectivity index (χ3n) is 5.77. The maximum absolute atomic E-state index is 13.7. The van der Waals surface area contributed by atoms with Gasteiger partial charge in [0, 0.05) is 24.4 Å². The number of fused-ring (bicyclic) bond motifs is 1. The Morgan fingerprint density at radius 3 is 2.59 bits per heavy atom. The molecule has 6 heteroatoms. The molecule has 1 heterocycles. The number of aromatic amines is 1. The van der Waals surface area contributed by atoms with E-state index < -0.39 is 0 Å². The summed E-state index contributed by atoms with van der Waals surface area (Å²) >= 11 is 0. The van der Waals surface area contributed by atoms with Crippen molar-refractivity contribution in [3.05, 3.63) is 76.1 Å². The zero-order valence-electron chi connectivity index (χ0n) is 16.2. The molecule has 1 aromatic heterocycles. The van der Waals surface area contributed by atoms with E-state index in [0.717, 1.165) is 25.7 Å². The van der Waals surface area contributed by atoms with Gasteiger partial charge in [0.1, 0.15) is 11.6 Å². The molecule has 2 aromatic carbocycles. The van der Waals surface area contributed by atoms with Crippen LogP contribution in [-0.4, -0.2) is 15.9 Å².